The summed E-state index contributed by atoms with van der Waals surface area (Å²) in [5.74, 6) is 0.580. The number of carbonyl (C=O) groups is 2. The molecule has 0 aromatic heterocycles. The first-order valence-electron chi connectivity index (χ1n) is 6.52. The van der Waals surface area contributed by atoms with Gasteiger partial charge in [-0.1, -0.05) is 12.1 Å². The molecule has 102 valence electrons. The molecule has 19 heavy (non-hydrogen) atoms. The van der Waals surface area contributed by atoms with E-state index < -0.39 is 0 Å². The fourth-order valence-electron chi connectivity index (χ4n) is 2.28. The maximum Gasteiger partial charge on any atom is 0.309 e. The quantitative estimate of drug-likeness (QED) is 0.602. The number of rotatable bonds is 5. The fraction of sp³-hybridized carbons (Fsp3) is 0.467. The molecule has 1 aliphatic heterocycles. The average molecular weight is 262 g/mol. The molecule has 4 heteroatoms. The molecule has 1 aromatic rings. The van der Waals surface area contributed by atoms with E-state index in [1.807, 2.05) is 18.2 Å². The maximum absolute atomic E-state index is 11.3. The van der Waals surface area contributed by atoms with Crippen molar-refractivity contribution < 1.29 is 19.1 Å². The van der Waals surface area contributed by atoms with Crippen molar-refractivity contribution in [2.45, 2.75) is 38.2 Å². The molecule has 0 amide bonds. The van der Waals surface area contributed by atoms with E-state index in [1.54, 1.807) is 0 Å². The summed E-state index contributed by atoms with van der Waals surface area (Å²) >= 11 is 0. The first-order chi connectivity index (χ1) is 9.22. The Morgan fingerprint density at radius 1 is 1.53 bits per heavy atom. The number of esters is 1. The van der Waals surface area contributed by atoms with Gasteiger partial charge in [0.2, 0.25) is 0 Å². The molecular weight excluding hydrogens is 244 g/mol. The average Bonchev–Trinajstić information content (AvgIpc) is 2.44. The second-order valence-corrected chi connectivity index (χ2v) is 4.72. The monoisotopic (exact) mass is 262 g/mol. The summed E-state index contributed by atoms with van der Waals surface area (Å²) in [5, 5.41) is 0. The third-order valence-corrected chi connectivity index (χ3v) is 3.34. The molecule has 0 radical (unpaired) electrons. The predicted molar refractivity (Wildman–Crippen MR) is 70.2 cm³/mol. The van der Waals surface area contributed by atoms with Gasteiger partial charge in [-0.25, -0.2) is 0 Å². The second-order valence-electron chi connectivity index (χ2n) is 4.72. The Balaban J connectivity index is 2.06. The number of ether oxygens (including phenoxy) is 2. The summed E-state index contributed by atoms with van der Waals surface area (Å²) in [7, 11) is 1.38. The van der Waals surface area contributed by atoms with Crippen molar-refractivity contribution in [2.75, 3.05) is 7.11 Å². The minimum atomic E-state index is -0.256. The van der Waals surface area contributed by atoms with Gasteiger partial charge in [-0.3, -0.25) is 4.79 Å². The zero-order valence-corrected chi connectivity index (χ0v) is 11.1. The third-order valence-electron chi connectivity index (χ3n) is 3.34. The van der Waals surface area contributed by atoms with Crippen LogP contribution >= 0.6 is 0 Å². The first-order valence-corrected chi connectivity index (χ1v) is 6.52. The van der Waals surface area contributed by atoms with Crippen molar-refractivity contribution >= 4 is 12.3 Å². The number of aryl methyl sites for hydroxylation is 1. The van der Waals surface area contributed by atoms with Gasteiger partial charge >= 0.3 is 5.97 Å². The maximum atomic E-state index is 11.3. The van der Waals surface area contributed by atoms with Gasteiger partial charge in [0.05, 0.1) is 19.6 Å². The lowest BCUT2D eigenvalue weighted by atomic mass is 9.98. The minimum absolute atomic E-state index is 0.103. The standard InChI is InChI=1S/C15H18O4/c1-18-15(17)10-11-4-5-12-6-7-13(3-2-8-16)19-14(12)9-11/h4-5,8-9,13H,2-3,6-7,10H2,1H3. The SMILES string of the molecule is COC(=O)Cc1ccc2c(c1)OC(CCC=O)CC2. The molecule has 0 fully saturated rings. The molecule has 0 spiro atoms. The lowest BCUT2D eigenvalue weighted by Crippen LogP contribution is -2.22. The molecule has 0 bridgehead atoms. The van der Waals surface area contributed by atoms with Gasteiger partial charge in [-0.05, 0) is 36.5 Å². The zero-order chi connectivity index (χ0) is 13.7. The summed E-state index contributed by atoms with van der Waals surface area (Å²) < 4.78 is 10.5. The van der Waals surface area contributed by atoms with Crippen molar-refractivity contribution in [3.63, 3.8) is 0 Å². The molecule has 1 aromatic carbocycles. The molecule has 0 aliphatic carbocycles. The van der Waals surface area contributed by atoms with Crippen molar-refractivity contribution in [1.82, 2.24) is 0 Å². The summed E-state index contributed by atoms with van der Waals surface area (Å²) in [6.45, 7) is 0. The van der Waals surface area contributed by atoms with E-state index in [1.165, 1.54) is 7.11 Å². The Kier molecular flexibility index (Phi) is 4.55. The topological polar surface area (TPSA) is 52.6 Å². The van der Waals surface area contributed by atoms with Crippen LogP contribution in [0.15, 0.2) is 18.2 Å². The number of hydrogen-bond acceptors (Lipinski definition) is 4. The predicted octanol–water partition coefficient (Wildman–Crippen LogP) is 2.07. The van der Waals surface area contributed by atoms with Gasteiger partial charge in [0.25, 0.3) is 0 Å². The molecule has 1 unspecified atom stereocenters. The van der Waals surface area contributed by atoms with Gasteiger partial charge in [-0.2, -0.15) is 0 Å². The molecule has 1 aliphatic rings. The highest BCUT2D eigenvalue weighted by Gasteiger charge is 2.20. The van der Waals surface area contributed by atoms with Gasteiger partial charge in [-0.15, -0.1) is 0 Å². The van der Waals surface area contributed by atoms with Crippen molar-refractivity contribution in [2.24, 2.45) is 0 Å². The largest absolute Gasteiger partial charge is 0.490 e. The van der Waals surface area contributed by atoms with Crippen LogP contribution in [0.1, 0.15) is 30.4 Å². The Hall–Kier alpha value is -1.84. The first kappa shape index (κ1) is 13.6. The minimum Gasteiger partial charge on any atom is -0.490 e. The van der Waals surface area contributed by atoms with Crippen LogP contribution in [0.3, 0.4) is 0 Å². The number of aldehydes is 1. The van der Waals surface area contributed by atoms with Crippen LogP contribution in [0, 0.1) is 0 Å². The highest BCUT2D eigenvalue weighted by atomic mass is 16.5. The zero-order valence-electron chi connectivity index (χ0n) is 11.1. The van der Waals surface area contributed by atoms with Crippen LogP contribution in [0.4, 0.5) is 0 Å². The van der Waals surface area contributed by atoms with Gasteiger partial charge < -0.3 is 14.3 Å². The highest BCUT2D eigenvalue weighted by Crippen LogP contribution is 2.30. The van der Waals surface area contributed by atoms with E-state index in [4.69, 9.17) is 4.74 Å². The van der Waals surface area contributed by atoms with E-state index in [9.17, 15) is 9.59 Å². The lowest BCUT2D eigenvalue weighted by Gasteiger charge is -2.26. The van der Waals surface area contributed by atoms with Crippen molar-refractivity contribution in [1.29, 1.82) is 0 Å². The molecule has 0 saturated heterocycles. The van der Waals surface area contributed by atoms with E-state index >= 15 is 0 Å². The Labute approximate surface area is 112 Å². The van der Waals surface area contributed by atoms with Crippen LogP contribution in [-0.2, 0) is 27.2 Å². The normalized spacial score (nSPS) is 17.2. The van der Waals surface area contributed by atoms with Crippen LogP contribution in [0.25, 0.3) is 0 Å². The summed E-state index contributed by atoms with van der Waals surface area (Å²) in [6.07, 6.45) is 4.46. The van der Waals surface area contributed by atoms with E-state index in [0.717, 1.165) is 42.4 Å². The molecule has 0 N–H and O–H groups in total. The number of hydrogen-bond donors (Lipinski definition) is 0. The molecule has 4 nitrogen and oxygen atoms in total. The Morgan fingerprint density at radius 2 is 2.37 bits per heavy atom. The van der Waals surface area contributed by atoms with Crippen molar-refractivity contribution in [3.8, 4) is 5.75 Å². The summed E-state index contributed by atoms with van der Waals surface area (Å²) in [6, 6.07) is 5.84. The summed E-state index contributed by atoms with van der Waals surface area (Å²) in [4.78, 5) is 21.6. The fourth-order valence-corrected chi connectivity index (χ4v) is 2.28. The molecule has 1 heterocycles. The van der Waals surface area contributed by atoms with E-state index in [2.05, 4.69) is 4.74 Å². The van der Waals surface area contributed by atoms with E-state index in [0.29, 0.717) is 6.42 Å². The number of carbonyl (C=O) groups excluding carboxylic acids is 2. The smallest absolute Gasteiger partial charge is 0.309 e. The van der Waals surface area contributed by atoms with Crippen LogP contribution in [0.5, 0.6) is 5.75 Å². The molecule has 1 atom stereocenters. The van der Waals surface area contributed by atoms with Gasteiger partial charge in [0.15, 0.2) is 0 Å². The van der Waals surface area contributed by atoms with Crippen LogP contribution in [0.2, 0.25) is 0 Å². The molecule has 2 rings (SSSR count). The van der Waals surface area contributed by atoms with Gasteiger partial charge in [0.1, 0.15) is 12.0 Å². The number of methoxy groups -OCH3 is 1. The molecule has 0 saturated carbocycles. The second kappa shape index (κ2) is 6.36. The Bertz CT molecular complexity index is 467. The number of fused-ring (bicyclic) bond motifs is 1. The van der Waals surface area contributed by atoms with E-state index in [-0.39, 0.29) is 18.5 Å². The van der Waals surface area contributed by atoms with Gasteiger partial charge in [0, 0.05) is 6.42 Å². The van der Waals surface area contributed by atoms with Crippen LogP contribution in [-0.4, -0.2) is 25.5 Å². The van der Waals surface area contributed by atoms with Crippen LogP contribution < -0.4 is 4.74 Å². The lowest BCUT2D eigenvalue weighted by molar-refractivity contribution is -0.139. The molecular formula is C15H18O4. The highest BCUT2D eigenvalue weighted by molar-refractivity contribution is 5.72. The van der Waals surface area contributed by atoms with Crippen molar-refractivity contribution in [3.05, 3.63) is 29.3 Å². The number of benzene rings is 1. The third kappa shape index (κ3) is 3.56. The Morgan fingerprint density at radius 3 is 3.11 bits per heavy atom. The summed E-state index contributed by atoms with van der Waals surface area (Å²) in [5.41, 5.74) is 2.05.